The molecule has 7 heteroatoms. The molecule has 0 spiro atoms. The van der Waals surface area contributed by atoms with Gasteiger partial charge in [-0.2, -0.15) is 0 Å². The molecule has 0 unspecified atom stereocenters. The summed E-state index contributed by atoms with van der Waals surface area (Å²) in [7, 11) is 0. The van der Waals surface area contributed by atoms with Gasteiger partial charge in [0.05, 0.1) is 5.52 Å². The van der Waals surface area contributed by atoms with E-state index in [1.54, 1.807) is 13.8 Å². The smallest absolute Gasteiger partial charge is 0.264 e. The van der Waals surface area contributed by atoms with E-state index < -0.39 is 22.6 Å². The summed E-state index contributed by atoms with van der Waals surface area (Å²) in [6, 6.07) is 1.77. The molecular formula is C14H11F2N3O2. The molecule has 0 bridgehead atoms. The molecule has 2 heterocycles. The zero-order valence-electron chi connectivity index (χ0n) is 11.3. The third-order valence-corrected chi connectivity index (χ3v) is 3.39. The van der Waals surface area contributed by atoms with Crippen LogP contribution >= 0.6 is 0 Å². The number of aromatic amines is 1. The van der Waals surface area contributed by atoms with Gasteiger partial charge < -0.3 is 9.55 Å². The summed E-state index contributed by atoms with van der Waals surface area (Å²) in [6.07, 6.45) is 0. The molecule has 2 aromatic heterocycles. The summed E-state index contributed by atoms with van der Waals surface area (Å²) in [6.45, 7) is 3.71. The molecule has 0 aliphatic carbocycles. The first kappa shape index (κ1) is 13.4. The Morgan fingerprint density at radius 3 is 2.57 bits per heavy atom. The first-order valence-electron chi connectivity index (χ1n) is 6.36. The van der Waals surface area contributed by atoms with Crippen molar-refractivity contribution in [3.05, 3.63) is 50.2 Å². The number of H-pyrrole nitrogens is 1. The van der Waals surface area contributed by atoms with E-state index in [9.17, 15) is 18.4 Å². The first-order chi connectivity index (χ1) is 9.93. The summed E-state index contributed by atoms with van der Waals surface area (Å²) in [5.74, 6) is -1.83. The van der Waals surface area contributed by atoms with Crippen LogP contribution in [0.2, 0.25) is 0 Å². The Kier molecular flexibility index (Phi) is 2.86. The van der Waals surface area contributed by atoms with Crippen molar-refractivity contribution in [3.63, 3.8) is 0 Å². The third kappa shape index (κ3) is 1.84. The van der Waals surface area contributed by atoms with E-state index >= 15 is 0 Å². The molecule has 0 atom stereocenters. The second-order valence-corrected chi connectivity index (χ2v) is 4.71. The molecule has 0 aliphatic rings. The molecule has 5 nitrogen and oxygen atoms in total. The molecule has 0 fully saturated rings. The number of rotatable bonds is 1. The highest BCUT2D eigenvalue weighted by molar-refractivity contribution is 5.91. The molecule has 0 amide bonds. The third-order valence-electron chi connectivity index (χ3n) is 3.39. The van der Waals surface area contributed by atoms with Crippen molar-refractivity contribution < 1.29 is 8.78 Å². The van der Waals surface area contributed by atoms with Crippen LogP contribution in [0.25, 0.3) is 21.9 Å². The lowest BCUT2D eigenvalue weighted by Gasteiger charge is -2.12. The average Bonchev–Trinajstić information content (AvgIpc) is 2.41. The van der Waals surface area contributed by atoms with E-state index in [4.69, 9.17) is 0 Å². The van der Waals surface area contributed by atoms with Crippen LogP contribution in [0.5, 0.6) is 0 Å². The van der Waals surface area contributed by atoms with Gasteiger partial charge in [-0.3, -0.25) is 9.59 Å². The van der Waals surface area contributed by atoms with Crippen molar-refractivity contribution in [1.82, 2.24) is 14.5 Å². The number of fused-ring (bicyclic) bond motifs is 2. The van der Waals surface area contributed by atoms with Crippen LogP contribution in [-0.4, -0.2) is 14.5 Å². The van der Waals surface area contributed by atoms with Gasteiger partial charge in [0.25, 0.3) is 5.56 Å². The number of aromatic nitrogens is 3. The molecule has 3 aromatic rings. The number of benzene rings is 1. The van der Waals surface area contributed by atoms with Crippen molar-refractivity contribution in [3.8, 4) is 0 Å². The van der Waals surface area contributed by atoms with Gasteiger partial charge in [-0.25, -0.2) is 13.8 Å². The molecule has 0 saturated carbocycles. The number of hydrogen-bond donors (Lipinski definition) is 1. The van der Waals surface area contributed by atoms with Gasteiger partial charge >= 0.3 is 0 Å². The van der Waals surface area contributed by atoms with Crippen LogP contribution in [0, 0.1) is 18.6 Å². The van der Waals surface area contributed by atoms with Crippen LogP contribution in [0.3, 0.4) is 0 Å². The van der Waals surface area contributed by atoms with E-state index in [-0.39, 0.29) is 21.9 Å². The van der Waals surface area contributed by atoms with Crippen molar-refractivity contribution in [2.75, 3.05) is 0 Å². The second-order valence-electron chi connectivity index (χ2n) is 4.71. The van der Waals surface area contributed by atoms with Gasteiger partial charge in [-0.1, -0.05) is 0 Å². The maximum absolute atomic E-state index is 13.5. The van der Waals surface area contributed by atoms with E-state index in [1.165, 1.54) is 4.57 Å². The molecule has 108 valence electrons. The Morgan fingerprint density at radius 1 is 1.24 bits per heavy atom. The summed E-state index contributed by atoms with van der Waals surface area (Å²) in [5, 5.41) is -0.194. The van der Waals surface area contributed by atoms with Gasteiger partial charge in [0.15, 0.2) is 17.3 Å². The SMILES string of the molecule is CCn1c2cc(F)c(F)cc2c(=O)c2c(=O)[nH]c(C)nc21. The Balaban J connectivity index is 2.72. The van der Waals surface area contributed by atoms with Crippen LogP contribution in [0.1, 0.15) is 12.7 Å². The quantitative estimate of drug-likeness (QED) is 0.696. The predicted octanol–water partition coefficient (Wildman–Crippen LogP) is 1.84. The molecular weight excluding hydrogens is 280 g/mol. The van der Waals surface area contributed by atoms with Gasteiger partial charge in [-0.15, -0.1) is 0 Å². The molecule has 1 aromatic carbocycles. The molecule has 0 radical (unpaired) electrons. The van der Waals surface area contributed by atoms with Crippen molar-refractivity contribution in [2.45, 2.75) is 20.4 Å². The molecule has 0 saturated heterocycles. The van der Waals surface area contributed by atoms with E-state index in [1.807, 2.05) is 0 Å². The van der Waals surface area contributed by atoms with Gasteiger partial charge in [-0.05, 0) is 19.9 Å². The monoisotopic (exact) mass is 291 g/mol. The normalized spacial score (nSPS) is 11.4. The van der Waals surface area contributed by atoms with Gasteiger partial charge in [0.1, 0.15) is 11.2 Å². The fourth-order valence-electron chi connectivity index (χ4n) is 2.48. The van der Waals surface area contributed by atoms with Crippen LogP contribution in [0.4, 0.5) is 8.78 Å². The number of halogens is 2. The van der Waals surface area contributed by atoms with Crippen LogP contribution < -0.4 is 11.0 Å². The second kappa shape index (κ2) is 4.47. The Labute approximate surface area is 116 Å². The summed E-state index contributed by atoms with van der Waals surface area (Å²) in [5.41, 5.74) is -0.859. The standard InChI is InChI=1S/C14H11F2N3O2/c1-3-19-10-5-9(16)8(15)4-7(10)12(20)11-13(19)17-6(2)18-14(11)21/h4-5H,3H2,1-2H3,(H,17,18,21). The molecule has 3 rings (SSSR count). The fourth-order valence-corrected chi connectivity index (χ4v) is 2.48. The Morgan fingerprint density at radius 2 is 1.90 bits per heavy atom. The maximum Gasteiger partial charge on any atom is 0.264 e. The molecule has 1 N–H and O–H groups in total. The highest BCUT2D eigenvalue weighted by Gasteiger charge is 2.17. The lowest BCUT2D eigenvalue weighted by molar-refractivity contribution is 0.510. The average molecular weight is 291 g/mol. The summed E-state index contributed by atoms with van der Waals surface area (Å²) >= 11 is 0. The van der Waals surface area contributed by atoms with Gasteiger partial charge in [0.2, 0.25) is 5.43 Å². The van der Waals surface area contributed by atoms with Crippen molar-refractivity contribution >= 4 is 21.9 Å². The zero-order valence-corrected chi connectivity index (χ0v) is 11.3. The van der Waals surface area contributed by atoms with Crippen LogP contribution in [0.15, 0.2) is 21.7 Å². The predicted molar refractivity (Wildman–Crippen MR) is 74.5 cm³/mol. The largest absolute Gasteiger partial charge is 0.325 e. The number of hydrogen-bond acceptors (Lipinski definition) is 3. The topological polar surface area (TPSA) is 67.8 Å². The minimum atomic E-state index is -1.13. The molecule has 21 heavy (non-hydrogen) atoms. The highest BCUT2D eigenvalue weighted by Crippen LogP contribution is 2.19. The van der Waals surface area contributed by atoms with Crippen molar-refractivity contribution in [1.29, 1.82) is 0 Å². The highest BCUT2D eigenvalue weighted by atomic mass is 19.2. The number of nitrogens with zero attached hydrogens (tertiary/aromatic N) is 2. The first-order valence-corrected chi connectivity index (χ1v) is 6.36. The number of aryl methyl sites for hydroxylation is 2. The minimum absolute atomic E-state index is 0.0422. The maximum atomic E-state index is 13.5. The fraction of sp³-hybridized carbons (Fsp3) is 0.214. The van der Waals surface area contributed by atoms with Crippen LogP contribution in [-0.2, 0) is 6.54 Å². The Bertz CT molecular complexity index is 1010. The molecule has 0 aliphatic heterocycles. The Hall–Kier alpha value is -2.57. The minimum Gasteiger partial charge on any atom is -0.325 e. The summed E-state index contributed by atoms with van der Waals surface area (Å²) < 4.78 is 28.4. The number of pyridine rings is 1. The van der Waals surface area contributed by atoms with Crippen molar-refractivity contribution in [2.24, 2.45) is 0 Å². The lowest BCUT2D eigenvalue weighted by atomic mass is 10.1. The van der Waals surface area contributed by atoms with E-state index in [0.717, 1.165) is 12.1 Å². The lowest BCUT2D eigenvalue weighted by Crippen LogP contribution is -2.22. The zero-order chi connectivity index (χ0) is 15.3. The summed E-state index contributed by atoms with van der Waals surface area (Å²) in [4.78, 5) is 31.0. The van der Waals surface area contributed by atoms with E-state index in [0.29, 0.717) is 12.4 Å². The number of nitrogens with one attached hydrogen (secondary N) is 1. The van der Waals surface area contributed by atoms with Gasteiger partial charge in [0, 0.05) is 18.0 Å². The van der Waals surface area contributed by atoms with E-state index in [2.05, 4.69) is 9.97 Å².